The molecule has 0 saturated heterocycles. The van der Waals surface area contributed by atoms with Crippen LogP contribution in [0.5, 0.6) is 5.75 Å². The first kappa shape index (κ1) is 16.7. The molecule has 0 amide bonds. The fraction of sp³-hybridized carbons (Fsp3) is 0.700. The maximum Gasteiger partial charge on any atom is 0.162 e. The molecule has 0 radical (unpaired) electrons. The number of hydrogen-bond donors (Lipinski definition) is 0. The molecule has 3 rings (SSSR count). The van der Waals surface area contributed by atoms with Crippen LogP contribution in [-0.4, -0.2) is 6.10 Å². The Balaban J connectivity index is 1.82. The second-order valence-electron chi connectivity index (χ2n) is 7.36. The predicted molar refractivity (Wildman–Crippen MR) is 88.8 cm³/mol. The number of ether oxygens (including phenoxy) is 1. The van der Waals surface area contributed by atoms with E-state index in [1.807, 2.05) is 0 Å². The van der Waals surface area contributed by atoms with Gasteiger partial charge in [0.15, 0.2) is 11.6 Å². The average Bonchev–Trinajstić information content (AvgIpc) is 2.41. The summed E-state index contributed by atoms with van der Waals surface area (Å²) in [4.78, 5) is 0. The highest BCUT2D eigenvalue weighted by atomic mass is 19.2. The average molecular weight is 322 g/mol. The lowest BCUT2D eigenvalue weighted by Gasteiger charge is -2.33. The molecule has 1 atom stereocenters. The lowest BCUT2D eigenvalue weighted by Crippen LogP contribution is -2.29. The molecule has 0 aromatic heterocycles. The summed E-state index contributed by atoms with van der Waals surface area (Å²) in [5, 5.41) is 0. The zero-order valence-corrected chi connectivity index (χ0v) is 14.1. The van der Waals surface area contributed by atoms with Crippen molar-refractivity contribution in [1.29, 1.82) is 0 Å². The van der Waals surface area contributed by atoms with Gasteiger partial charge in [-0.3, -0.25) is 0 Å². The van der Waals surface area contributed by atoms with Crippen molar-refractivity contribution in [2.45, 2.75) is 83.2 Å². The summed E-state index contributed by atoms with van der Waals surface area (Å²) in [7, 11) is 0. The van der Waals surface area contributed by atoms with E-state index in [1.54, 1.807) is 0 Å². The van der Waals surface area contributed by atoms with Crippen LogP contribution in [0.2, 0.25) is 0 Å². The standard InChI is InChI=1S/C20H28F2O/c1-14(15-10-7-11-15)23-20-13-19(22)18(21)12-17(20)16-8-5-3-2-4-6-9-16/h12-16H,2-11H2,1H3. The number of benzene rings is 1. The molecule has 0 spiro atoms. The van der Waals surface area contributed by atoms with Gasteiger partial charge in [-0.25, -0.2) is 8.78 Å². The fourth-order valence-electron chi connectivity index (χ4n) is 3.94. The van der Waals surface area contributed by atoms with E-state index < -0.39 is 11.6 Å². The normalized spacial score (nSPS) is 22.0. The molecular weight excluding hydrogens is 294 g/mol. The van der Waals surface area contributed by atoms with E-state index in [1.165, 1.54) is 63.5 Å². The van der Waals surface area contributed by atoms with Crippen LogP contribution in [-0.2, 0) is 0 Å². The van der Waals surface area contributed by atoms with Crippen molar-refractivity contribution in [1.82, 2.24) is 0 Å². The van der Waals surface area contributed by atoms with E-state index in [0.29, 0.717) is 17.6 Å². The van der Waals surface area contributed by atoms with Crippen LogP contribution >= 0.6 is 0 Å². The summed E-state index contributed by atoms with van der Waals surface area (Å²) < 4.78 is 33.7. The van der Waals surface area contributed by atoms with Gasteiger partial charge >= 0.3 is 0 Å². The minimum atomic E-state index is -0.796. The molecule has 2 aliphatic carbocycles. The Hall–Kier alpha value is -1.12. The number of rotatable bonds is 4. The molecule has 128 valence electrons. The third-order valence-corrected chi connectivity index (χ3v) is 5.72. The van der Waals surface area contributed by atoms with Crippen molar-refractivity contribution in [3.05, 3.63) is 29.3 Å². The lowest BCUT2D eigenvalue weighted by atomic mass is 9.81. The van der Waals surface area contributed by atoms with Gasteiger partial charge in [-0.1, -0.05) is 38.5 Å². The first-order chi connectivity index (χ1) is 11.1. The van der Waals surface area contributed by atoms with Gasteiger partial charge < -0.3 is 4.74 Å². The van der Waals surface area contributed by atoms with Gasteiger partial charge in [-0.05, 0) is 50.5 Å². The maximum absolute atomic E-state index is 13.8. The highest BCUT2D eigenvalue weighted by molar-refractivity contribution is 5.38. The van der Waals surface area contributed by atoms with Crippen LogP contribution in [0, 0.1) is 17.6 Å². The molecule has 0 heterocycles. The van der Waals surface area contributed by atoms with Gasteiger partial charge in [0.05, 0.1) is 6.10 Å². The molecule has 0 N–H and O–H groups in total. The second-order valence-corrected chi connectivity index (χ2v) is 7.36. The molecule has 1 unspecified atom stereocenters. The van der Waals surface area contributed by atoms with E-state index in [9.17, 15) is 8.78 Å². The Bertz CT molecular complexity index is 517. The topological polar surface area (TPSA) is 9.23 Å². The van der Waals surface area contributed by atoms with Crippen LogP contribution in [0.25, 0.3) is 0 Å². The summed E-state index contributed by atoms with van der Waals surface area (Å²) in [5.74, 6) is -0.0997. The van der Waals surface area contributed by atoms with Gasteiger partial charge in [0.25, 0.3) is 0 Å². The summed E-state index contributed by atoms with van der Waals surface area (Å²) in [5.41, 5.74) is 0.886. The fourth-order valence-corrected chi connectivity index (χ4v) is 3.94. The zero-order valence-electron chi connectivity index (χ0n) is 14.1. The molecule has 23 heavy (non-hydrogen) atoms. The van der Waals surface area contributed by atoms with E-state index in [4.69, 9.17) is 4.74 Å². The molecule has 0 bridgehead atoms. The first-order valence-electron chi connectivity index (χ1n) is 9.30. The van der Waals surface area contributed by atoms with Crippen LogP contribution in [0.1, 0.15) is 82.6 Å². The Kier molecular flexibility index (Phi) is 5.55. The molecule has 3 heteroatoms. The smallest absolute Gasteiger partial charge is 0.162 e. The molecule has 1 nitrogen and oxygen atoms in total. The number of hydrogen-bond acceptors (Lipinski definition) is 1. The summed E-state index contributed by atoms with van der Waals surface area (Å²) >= 11 is 0. The summed E-state index contributed by atoms with van der Waals surface area (Å²) in [6.07, 6.45) is 11.9. The molecule has 2 saturated carbocycles. The molecule has 0 aliphatic heterocycles. The number of halogens is 2. The molecule has 1 aromatic rings. The summed E-state index contributed by atoms with van der Waals surface area (Å²) in [6.45, 7) is 2.06. The van der Waals surface area contributed by atoms with Crippen molar-refractivity contribution < 1.29 is 13.5 Å². The van der Waals surface area contributed by atoms with E-state index in [2.05, 4.69) is 6.92 Å². The zero-order chi connectivity index (χ0) is 16.2. The molecule has 2 aliphatic rings. The van der Waals surface area contributed by atoms with E-state index in [0.717, 1.165) is 18.4 Å². The first-order valence-corrected chi connectivity index (χ1v) is 9.30. The van der Waals surface area contributed by atoms with E-state index in [-0.39, 0.29) is 6.10 Å². The van der Waals surface area contributed by atoms with Crippen molar-refractivity contribution >= 4 is 0 Å². The van der Waals surface area contributed by atoms with Gasteiger partial charge in [0, 0.05) is 11.6 Å². The third-order valence-electron chi connectivity index (χ3n) is 5.72. The maximum atomic E-state index is 13.8. The van der Waals surface area contributed by atoms with Crippen molar-refractivity contribution in [3.8, 4) is 5.75 Å². The Labute approximate surface area is 138 Å². The van der Waals surface area contributed by atoms with Crippen LogP contribution in [0.15, 0.2) is 12.1 Å². The third kappa shape index (κ3) is 4.05. The van der Waals surface area contributed by atoms with Crippen LogP contribution in [0.3, 0.4) is 0 Å². The Morgan fingerprint density at radius 1 is 0.870 bits per heavy atom. The van der Waals surface area contributed by atoms with Gasteiger partial charge in [-0.15, -0.1) is 0 Å². The summed E-state index contributed by atoms with van der Waals surface area (Å²) in [6, 6.07) is 2.67. The minimum absolute atomic E-state index is 0.0842. The monoisotopic (exact) mass is 322 g/mol. The van der Waals surface area contributed by atoms with Gasteiger partial charge in [0.1, 0.15) is 5.75 Å². The van der Waals surface area contributed by atoms with Crippen LogP contribution in [0.4, 0.5) is 8.78 Å². The Morgan fingerprint density at radius 3 is 2.09 bits per heavy atom. The second kappa shape index (κ2) is 7.63. The van der Waals surface area contributed by atoms with Gasteiger partial charge in [0.2, 0.25) is 0 Å². The van der Waals surface area contributed by atoms with Gasteiger partial charge in [-0.2, -0.15) is 0 Å². The van der Waals surface area contributed by atoms with Crippen molar-refractivity contribution in [2.24, 2.45) is 5.92 Å². The predicted octanol–water partition coefficient (Wildman–Crippen LogP) is 6.36. The highest BCUT2D eigenvalue weighted by Crippen LogP contribution is 2.39. The quantitative estimate of drug-likeness (QED) is 0.626. The largest absolute Gasteiger partial charge is 0.490 e. The lowest BCUT2D eigenvalue weighted by molar-refractivity contribution is 0.0968. The minimum Gasteiger partial charge on any atom is -0.490 e. The SMILES string of the molecule is CC(Oc1cc(F)c(F)cc1C1CCCCCCC1)C1CCC1. The molecule has 2 fully saturated rings. The van der Waals surface area contributed by atoms with Crippen molar-refractivity contribution in [3.63, 3.8) is 0 Å². The Morgan fingerprint density at radius 2 is 1.48 bits per heavy atom. The highest BCUT2D eigenvalue weighted by Gasteiger charge is 2.27. The van der Waals surface area contributed by atoms with E-state index >= 15 is 0 Å². The molecule has 1 aromatic carbocycles. The van der Waals surface area contributed by atoms with Crippen LogP contribution < -0.4 is 4.74 Å². The van der Waals surface area contributed by atoms with Crippen molar-refractivity contribution in [2.75, 3.05) is 0 Å². The molecular formula is C20H28F2O.